The monoisotopic (exact) mass is 368 g/mol. The van der Waals surface area contributed by atoms with Crippen molar-refractivity contribution in [2.45, 2.75) is 20.5 Å². The van der Waals surface area contributed by atoms with Crippen LogP contribution in [0.3, 0.4) is 0 Å². The van der Waals surface area contributed by atoms with E-state index in [0.717, 1.165) is 11.1 Å². The van der Waals surface area contributed by atoms with E-state index in [1.807, 2.05) is 26.0 Å². The molecule has 0 radical (unpaired) electrons. The largest absolute Gasteiger partial charge is 0.497 e. The van der Waals surface area contributed by atoms with Crippen LogP contribution in [-0.2, 0) is 11.3 Å². The number of esters is 1. The lowest BCUT2D eigenvalue weighted by Gasteiger charge is -2.07. The Morgan fingerprint density at radius 3 is 2.59 bits per heavy atom. The second kappa shape index (κ2) is 7.90. The number of nitrogens with zero attached hydrogens (tertiary/aromatic N) is 2. The standard InChI is InChI=1S/C20H20N2O5/c1-12-5-7-15(13(2)9-12)20(23)26-11-18-21-19(22-27-18)16-8-6-14(24-3)10-17(16)25-4/h5-10H,11H2,1-4H3. The third kappa shape index (κ3) is 4.08. The maximum Gasteiger partial charge on any atom is 0.338 e. The molecule has 0 unspecified atom stereocenters. The third-order valence-corrected chi connectivity index (χ3v) is 4.05. The molecule has 0 saturated heterocycles. The van der Waals surface area contributed by atoms with Gasteiger partial charge in [0.05, 0.1) is 25.3 Å². The van der Waals surface area contributed by atoms with Crippen LogP contribution in [0.15, 0.2) is 40.9 Å². The molecule has 1 heterocycles. The van der Waals surface area contributed by atoms with Gasteiger partial charge in [-0.05, 0) is 37.6 Å². The molecule has 0 N–H and O–H groups in total. The van der Waals surface area contributed by atoms with Crippen LogP contribution in [0.1, 0.15) is 27.4 Å². The molecule has 3 aromatic rings. The molecule has 0 aliphatic rings. The first kappa shape index (κ1) is 18.4. The molecule has 7 nitrogen and oxygen atoms in total. The van der Waals surface area contributed by atoms with Crippen molar-refractivity contribution in [2.24, 2.45) is 0 Å². The van der Waals surface area contributed by atoms with Crippen molar-refractivity contribution < 1.29 is 23.5 Å². The van der Waals surface area contributed by atoms with E-state index in [2.05, 4.69) is 10.1 Å². The van der Waals surface area contributed by atoms with Gasteiger partial charge in [-0.3, -0.25) is 0 Å². The first-order chi connectivity index (χ1) is 13.0. The van der Waals surface area contributed by atoms with Crippen LogP contribution in [0, 0.1) is 13.8 Å². The van der Waals surface area contributed by atoms with Gasteiger partial charge in [0.15, 0.2) is 6.61 Å². The Labute approximate surface area is 156 Å². The normalized spacial score (nSPS) is 10.5. The molecule has 0 amide bonds. The van der Waals surface area contributed by atoms with E-state index in [4.69, 9.17) is 18.7 Å². The van der Waals surface area contributed by atoms with Crippen LogP contribution < -0.4 is 9.47 Å². The summed E-state index contributed by atoms with van der Waals surface area (Å²) in [6, 6.07) is 10.8. The number of rotatable bonds is 6. The highest BCUT2D eigenvalue weighted by Gasteiger charge is 2.16. The summed E-state index contributed by atoms with van der Waals surface area (Å²) in [6.45, 7) is 3.72. The van der Waals surface area contributed by atoms with Gasteiger partial charge in [0.25, 0.3) is 5.89 Å². The fourth-order valence-corrected chi connectivity index (χ4v) is 2.65. The molecular weight excluding hydrogens is 348 g/mol. The zero-order valence-corrected chi connectivity index (χ0v) is 15.6. The van der Waals surface area contributed by atoms with E-state index >= 15 is 0 Å². The smallest absolute Gasteiger partial charge is 0.338 e. The van der Waals surface area contributed by atoms with Crippen LogP contribution in [0.4, 0.5) is 0 Å². The molecule has 0 aliphatic carbocycles. The van der Waals surface area contributed by atoms with Gasteiger partial charge in [-0.1, -0.05) is 22.9 Å². The van der Waals surface area contributed by atoms with Gasteiger partial charge in [-0.25, -0.2) is 4.79 Å². The minimum absolute atomic E-state index is 0.113. The second-order valence-electron chi connectivity index (χ2n) is 5.97. The van der Waals surface area contributed by atoms with E-state index < -0.39 is 5.97 Å². The highest BCUT2D eigenvalue weighted by Crippen LogP contribution is 2.31. The first-order valence-corrected chi connectivity index (χ1v) is 8.31. The van der Waals surface area contributed by atoms with Crippen molar-refractivity contribution in [3.05, 3.63) is 59.0 Å². The van der Waals surface area contributed by atoms with Crippen LogP contribution in [0.25, 0.3) is 11.4 Å². The Morgan fingerprint density at radius 1 is 1.07 bits per heavy atom. The van der Waals surface area contributed by atoms with Crippen molar-refractivity contribution in [2.75, 3.05) is 14.2 Å². The minimum atomic E-state index is -0.436. The van der Waals surface area contributed by atoms with Crippen LogP contribution in [0.2, 0.25) is 0 Å². The lowest BCUT2D eigenvalue weighted by Crippen LogP contribution is -2.07. The number of methoxy groups -OCH3 is 2. The molecule has 0 bridgehead atoms. The Hall–Kier alpha value is -3.35. The number of hydrogen-bond donors (Lipinski definition) is 0. The molecule has 2 aromatic carbocycles. The van der Waals surface area contributed by atoms with Gasteiger partial charge in [0.1, 0.15) is 11.5 Å². The summed E-state index contributed by atoms with van der Waals surface area (Å²) in [5.41, 5.74) is 3.10. The number of aromatic nitrogens is 2. The van der Waals surface area contributed by atoms with Crippen molar-refractivity contribution >= 4 is 5.97 Å². The van der Waals surface area contributed by atoms with Crippen molar-refractivity contribution in [1.29, 1.82) is 0 Å². The summed E-state index contributed by atoms with van der Waals surface area (Å²) < 4.78 is 21.0. The molecule has 140 valence electrons. The fourth-order valence-electron chi connectivity index (χ4n) is 2.65. The number of carbonyl (C=O) groups excluding carboxylic acids is 1. The van der Waals surface area contributed by atoms with E-state index in [9.17, 15) is 4.79 Å². The van der Waals surface area contributed by atoms with Gasteiger partial charge >= 0.3 is 5.97 Å². The Kier molecular flexibility index (Phi) is 5.40. The number of carbonyl (C=O) groups is 1. The fraction of sp³-hybridized carbons (Fsp3) is 0.250. The molecule has 0 atom stereocenters. The molecule has 0 fully saturated rings. The first-order valence-electron chi connectivity index (χ1n) is 8.31. The number of ether oxygens (including phenoxy) is 3. The minimum Gasteiger partial charge on any atom is -0.497 e. The zero-order valence-electron chi connectivity index (χ0n) is 15.6. The van der Waals surface area contributed by atoms with Crippen molar-refractivity contribution in [3.63, 3.8) is 0 Å². The summed E-state index contributed by atoms with van der Waals surface area (Å²) in [4.78, 5) is 16.5. The predicted molar refractivity (Wildman–Crippen MR) is 97.9 cm³/mol. The van der Waals surface area contributed by atoms with Gasteiger partial charge < -0.3 is 18.7 Å². The molecule has 7 heteroatoms. The lowest BCUT2D eigenvalue weighted by atomic mass is 10.1. The van der Waals surface area contributed by atoms with Crippen LogP contribution in [0.5, 0.6) is 11.5 Å². The predicted octanol–water partition coefficient (Wildman–Crippen LogP) is 3.73. The lowest BCUT2D eigenvalue weighted by molar-refractivity contribution is 0.0429. The maximum atomic E-state index is 12.3. The van der Waals surface area contributed by atoms with E-state index in [1.54, 1.807) is 38.5 Å². The SMILES string of the molecule is COc1ccc(-c2noc(COC(=O)c3ccc(C)cc3C)n2)c(OC)c1. The van der Waals surface area contributed by atoms with Gasteiger partial charge in [-0.2, -0.15) is 4.98 Å². The molecule has 27 heavy (non-hydrogen) atoms. The quantitative estimate of drug-likeness (QED) is 0.613. The summed E-state index contributed by atoms with van der Waals surface area (Å²) in [5, 5.41) is 3.93. The zero-order chi connectivity index (χ0) is 19.4. The second-order valence-corrected chi connectivity index (χ2v) is 5.97. The highest BCUT2D eigenvalue weighted by atomic mass is 16.6. The summed E-state index contributed by atoms with van der Waals surface area (Å²) in [7, 11) is 3.12. The van der Waals surface area contributed by atoms with Crippen LogP contribution in [-0.4, -0.2) is 30.3 Å². The van der Waals surface area contributed by atoms with E-state index in [0.29, 0.717) is 28.5 Å². The Bertz CT molecular complexity index is 965. The van der Waals surface area contributed by atoms with Crippen molar-refractivity contribution in [3.8, 4) is 22.9 Å². The van der Waals surface area contributed by atoms with E-state index in [-0.39, 0.29) is 12.5 Å². The number of benzene rings is 2. The van der Waals surface area contributed by atoms with Gasteiger partial charge in [0, 0.05) is 6.07 Å². The molecule has 0 saturated carbocycles. The summed E-state index contributed by atoms with van der Waals surface area (Å²) in [6.07, 6.45) is 0. The average molecular weight is 368 g/mol. The molecular formula is C20H20N2O5. The topological polar surface area (TPSA) is 83.7 Å². The molecule has 0 aliphatic heterocycles. The summed E-state index contributed by atoms with van der Waals surface area (Å²) >= 11 is 0. The average Bonchev–Trinajstić information content (AvgIpc) is 3.14. The molecule has 3 rings (SSSR count). The highest BCUT2D eigenvalue weighted by molar-refractivity contribution is 5.91. The van der Waals surface area contributed by atoms with Crippen LogP contribution >= 0.6 is 0 Å². The maximum absolute atomic E-state index is 12.3. The van der Waals surface area contributed by atoms with Gasteiger partial charge in [-0.15, -0.1) is 0 Å². The molecule has 1 aromatic heterocycles. The molecule has 0 spiro atoms. The Morgan fingerprint density at radius 2 is 1.89 bits per heavy atom. The number of aryl methyl sites for hydroxylation is 2. The van der Waals surface area contributed by atoms with Gasteiger partial charge in [0.2, 0.25) is 5.82 Å². The van der Waals surface area contributed by atoms with E-state index in [1.165, 1.54) is 0 Å². The van der Waals surface area contributed by atoms with Crippen molar-refractivity contribution in [1.82, 2.24) is 10.1 Å². The summed E-state index contributed by atoms with van der Waals surface area (Å²) in [5.74, 6) is 1.30. The number of hydrogen-bond acceptors (Lipinski definition) is 7. The third-order valence-electron chi connectivity index (χ3n) is 4.05. The Balaban J connectivity index is 1.72.